The summed E-state index contributed by atoms with van der Waals surface area (Å²) in [5.41, 5.74) is 3.07. The molecule has 21 heavy (non-hydrogen) atoms. The van der Waals surface area contributed by atoms with Gasteiger partial charge >= 0.3 is 0 Å². The molecule has 1 amide bonds. The lowest BCUT2D eigenvalue weighted by Gasteiger charge is -2.06. The van der Waals surface area contributed by atoms with Crippen LogP contribution in [0.1, 0.15) is 5.56 Å². The molecular weight excluding hydrogens is 311 g/mol. The lowest BCUT2D eigenvalue weighted by molar-refractivity contribution is -0.123. The fourth-order valence-corrected chi connectivity index (χ4v) is 1.87. The van der Waals surface area contributed by atoms with Crippen LogP contribution in [0.4, 0.5) is 0 Å². The molecule has 0 bridgehead atoms. The highest BCUT2D eigenvalue weighted by Crippen LogP contribution is 2.22. The summed E-state index contributed by atoms with van der Waals surface area (Å²) in [6, 6.07) is 14.1. The van der Waals surface area contributed by atoms with E-state index in [2.05, 4.69) is 10.5 Å². The average molecular weight is 323 g/mol. The maximum absolute atomic E-state index is 11.6. The lowest BCUT2D eigenvalue weighted by atomic mass is 10.2. The molecule has 0 aliphatic carbocycles. The van der Waals surface area contributed by atoms with Crippen LogP contribution >= 0.6 is 23.2 Å². The highest BCUT2D eigenvalue weighted by atomic mass is 35.5. The third-order valence-corrected chi connectivity index (χ3v) is 3.15. The SMILES string of the molecule is O=C(COc1ccccc1Cl)N/N=C/c1ccccc1Cl. The smallest absolute Gasteiger partial charge is 0.277 e. The number of halogens is 2. The standard InChI is InChI=1S/C15H12Cl2N2O2/c16-12-6-2-1-5-11(12)9-18-19-15(20)10-21-14-8-4-3-7-13(14)17/h1-9H,10H2,(H,19,20)/b18-9+. The van der Waals surface area contributed by atoms with Crippen molar-refractivity contribution in [1.82, 2.24) is 5.43 Å². The number of nitrogens with zero attached hydrogens (tertiary/aromatic N) is 1. The van der Waals surface area contributed by atoms with Crippen LogP contribution in [-0.2, 0) is 4.79 Å². The summed E-state index contributed by atoms with van der Waals surface area (Å²) in [6.07, 6.45) is 1.47. The van der Waals surface area contributed by atoms with Gasteiger partial charge in [-0.15, -0.1) is 0 Å². The normalized spacial score (nSPS) is 10.6. The molecule has 2 aromatic carbocycles. The van der Waals surface area contributed by atoms with Gasteiger partial charge in [0.25, 0.3) is 5.91 Å². The Kier molecular flexibility index (Phi) is 5.60. The van der Waals surface area contributed by atoms with Gasteiger partial charge in [0.15, 0.2) is 6.61 Å². The molecule has 2 aromatic rings. The first-order valence-corrected chi connectivity index (χ1v) is 6.86. The maximum Gasteiger partial charge on any atom is 0.277 e. The van der Waals surface area contributed by atoms with Gasteiger partial charge in [0.05, 0.1) is 11.2 Å². The number of amides is 1. The summed E-state index contributed by atoms with van der Waals surface area (Å²) in [4.78, 5) is 11.6. The van der Waals surface area contributed by atoms with Gasteiger partial charge in [-0.1, -0.05) is 53.5 Å². The Labute approximate surface area is 132 Å². The average Bonchev–Trinajstić information content (AvgIpc) is 2.48. The van der Waals surface area contributed by atoms with Crippen LogP contribution in [0, 0.1) is 0 Å². The second-order valence-electron chi connectivity index (χ2n) is 4.03. The minimum Gasteiger partial charge on any atom is -0.482 e. The monoisotopic (exact) mass is 322 g/mol. The van der Waals surface area contributed by atoms with Gasteiger partial charge in [-0.2, -0.15) is 5.10 Å². The third kappa shape index (κ3) is 4.77. The van der Waals surface area contributed by atoms with Gasteiger partial charge in [0.1, 0.15) is 5.75 Å². The van der Waals surface area contributed by atoms with E-state index in [0.29, 0.717) is 21.4 Å². The molecule has 0 radical (unpaired) electrons. The van der Waals surface area contributed by atoms with E-state index in [0.717, 1.165) is 0 Å². The molecule has 108 valence electrons. The highest BCUT2D eigenvalue weighted by molar-refractivity contribution is 6.33. The molecule has 1 N–H and O–H groups in total. The molecule has 0 saturated carbocycles. The predicted octanol–water partition coefficient (Wildman–Crippen LogP) is 3.52. The summed E-state index contributed by atoms with van der Waals surface area (Å²) >= 11 is 11.9. The van der Waals surface area contributed by atoms with E-state index in [4.69, 9.17) is 27.9 Å². The Bertz CT molecular complexity index is 660. The molecule has 0 aliphatic rings. The van der Waals surface area contributed by atoms with Crippen molar-refractivity contribution >= 4 is 35.3 Å². The first-order chi connectivity index (χ1) is 10.2. The summed E-state index contributed by atoms with van der Waals surface area (Å²) in [7, 11) is 0. The van der Waals surface area contributed by atoms with Crippen molar-refractivity contribution in [3.63, 3.8) is 0 Å². The van der Waals surface area contributed by atoms with E-state index in [9.17, 15) is 4.79 Å². The number of benzene rings is 2. The van der Waals surface area contributed by atoms with Gasteiger partial charge in [-0.3, -0.25) is 4.79 Å². The number of ether oxygens (including phenoxy) is 1. The molecule has 0 atom stereocenters. The number of carbonyl (C=O) groups excluding carboxylic acids is 1. The van der Waals surface area contributed by atoms with Crippen LogP contribution in [0.5, 0.6) is 5.75 Å². The van der Waals surface area contributed by atoms with Crippen LogP contribution < -0.4 is 10.2 Å². The van der Waals surface area contributed by atoms with Gasteiger partial charge in [-0.25, -0.2) is 5.43 Å². The van der Waals surface area contributed by atoms with Gasteiger partial charge in [0, 0.05) is 10.6 Å². The van der Waals surface area contributed by atoms with Crippen LogP contribution in [0.15, 0.2) is 53.6 Å². The summed E-state index contributed by atoms with van der Waals surface area (Å²) in [6.45, 7) is -0.177. The molecule has 0 aromatic heterocycles. The number of rotatable bonds is 5. The van der Waals surface area contributed by atoms with E-state index in [1.807, 2.05) is 12.1 Å². The van der Waals surface area contributed by atoms with Crippen molar-refractivity contribution in [2.75, 3.05) is 6.61 Å². The summed E-state index contributed by atoms with van der Waals surface area (Å²) < 4.78 is 5.28. The van der Waals surface area contributed by atoms with Gasteiger partial charge in [-0.05, 0) is 18.2 Å². The minimum absolute atomic E-state index is 0.177. The molecule has 0 aliphatic heterocycles. The van der Waals surface area contributed by atoms with Gasteiger partial charge in [0.2, 0.25) is 0 Å². The third-order valence-electron chi connectivity index (χ3n) is 2.49. The van der Waals surface area contributed by atoms with Crippen molar-refractivity contribution in [2.45, 2.75) is 0 Å². The molecule has 2 rings (SSSR count). The molecule has 4 nitrogen and oxygen atoms in total. The van der Waals surface area contributed by atoms with Crippen LogP contribution in [-0.4, -0.2) is 18.7 Å². The van der Waals surface area contributed by atoms with Crippen LogP contribution in [0.3, 0.4) is 0 Å². The van der Waals surface area contributed by atoms with Crippen LogP contribution in [0.25, 0.3) is 0 Å². The molecule has 0 unspecified atom stereocenters. The number of nitrogens with one attached hydrogen (secondary N) is 1. The molecule has 0 spiro atoms. The van der Waals surface area contributed by atoms with E-state index in [1.165, 1.54) is 6.21 Å². The molecular formula is C15H12Cl2N2O2. The lowest BCUT2D eigenvalue weighted by Crippen LogP contribution is -2.24. The van der Waals surface area contributed by atoms with Crippen molar-refractivity contribution < 1.29 is 9.53 Å². The number of hydrogen-bond acceptors (Lipinski definition) is 3. The van der Waals surface area contributed by atoms with Crippen molar-refractivity contribution in [2.24, 2.45) is 5.10 Å². The fraction of sp³-hybridized carbons (Fsp3) is 0.0667. The van der Waals surface area contributed by atoms with Crippen LogP contribution in [0.2, 0.25) is 10.0 Å². The summed E-state index contributed by atoms with van der Waals surface area (Å²) in [5.74, 6) is 0.0580. The van der Waals surface area contributed by atoms with E-state index in [1.54, 1.807) is 36.4 Å². The second-order valence-corrected chi connectivity index (χ2v) is 4.85. The number of para-hydroxylation sites is 1. The Morgan fingerprint density at radius 3 is 2.48 bits per heavy atom. The Morgan fingerprint density at radius 2 is 1.76 bits per heavy atom. The van der Waals surface area contributed by atoms with E-state index >= 15 is 0 Å². The van der Waals surface area contributed by atoms with E-state index in [-0.39, 0.29) is 6.61 Å². The number of hydrazone groups is 1. The highest BCUT2D eigenvalue weighted by Gasteiger charge is 2.04. The molecule has 0 heterocycles. The van der Waals surface area contributed by atoms with Crippen molar-refractivity contribution in [3.05, 3.63) is 64.1 Å². The largest absolute Gasteiger partial charge is 0.482 e. The zero-order chi connectivity index (χ0) is 15.1. The Balaban J connectivity index is 1.83. The first kappa shape index (κ1) is 15.4. The number of carbonyl (C=O) groups is 1. The first-order valence-electron chi connectivity index (χ1n) is 6.10. The number of hydrogen-bond donors (Lipinski definition) is 1. The van der Waals surface area contributed by atoms with Gasteiger partial charge < -0.3 is 4.74 Å². The Morgan fingerprint density at radius 1 is 1.10 bits per heavy atom. The fourth-order valence-electron chi connectivity index (χ4n) is 1.49. The second kappa shape index (κ2) is 7.67. The zero-order valence-corrected chi connectivity index (χ0v) is 12.4. The minimum atomic E-state index is -0.391. The predicted molar refractivity (Wildman–Crippen MR) is 84.1 cm³/mol. The molecule has 0 fully saturated rings. The Hall–Kier alpha value is -2.04. The molecule has 0 saturated heterocycles. The zero-order valence-electron chi connectivity index (χ0n) is 10.9. The van der Waals surface area contributed by atoms with E-state index < -0.39 is 5.91 Å². The quantitative estimate of drug-likeness (QED) is 0.676. The maximum atomic E-state index is 11.6. The topological polar surface area (TPSA) is 50.7 Å². The van der Waals surface area contributed by atoms with Crippen molar-refractivity contribution in [3.8, 4) is 5.75 Å². The van der Waals surface area contributed by atoms with Crippen molar-refractivity contribution in [1.29, 1.82) is 0 Å². The molecule has 6 heteroatoms. The summed E-state index contributed by atoms with van der Waals surface area (Å²) in [5, 5.41) is 4.82.